The fraction of sp³-hybridized carbons (Fsp3) is 0.450. The number of rotatable bonds is 10. The summed E-state index contributed by atoms with van der Waals surface area (Å²) in [5, 5.41) is 5.03. The molecular weight excluding hydrogens is 454 g/mol. The molecular formula is C20H29N5O5S2. The Balaban J connectivity index is 1.68. The van der Waals surface area contributed by atoms with E-state index in [1.54, 1.807) is 25.5 Å². The van der Waals surface area contributed by atoms with E-state index in [2.05, 4.69) is 15.0 Å². The summed E-state index contributed by atoms with van der Waals surface area (Å²) >= 11 is 1.31. The highest BCUT2D eigenvalue weighted by atomic mass is 32.2. The predicted molar refractivity (Wildman–Crippen MR) is 124 cm³/mol. The van der Waals surface area contributed by atoms with Gasteiger partial charge in [0.2, 0.25) is 5.91 Å². The van der Waals surface area contributed by atoms with Crippen molar-refractivity contribution in [3.8, 4) is 11.3 Å². The maximum atomic E-state index is 12.3. The maximum absolute atomic E-state index is 12.3. The molecule has 0 fully saturated rings. The van der Waals surface area contributed by atoms with E-state index >= 15 is 0 Å². The zero-order chi connectivity index (χ0) is 23.8. The van der Waals surface area contributed by atoms with E-state index in [0.717, 1.165) is 11.3 Å². The minimum absolute atomic E-state index is 0.0827. The summed E-state index contributed by atoms with van der Waals surface area (Å²) < 4.78 is 32.6. The van der Waals surface area contributed by atoms with Crippen molar-refractivity contribution in [1.82, 2.24) is 14.4 Å². The van der Waals surface area contributed by atoms with Crippen LogP contribution >= 0.6 is 11.3 Å². The number of carbonyl (C=O) groups is 2. The van der Waals surface area contributed by atoms with Gasteiger partial charge in [0.1, 0.15) is 5.60 Å². The largest absolute Gasteiger partial charge is 0.443 e. The van der Waals surface area contributed by atoms with Gasteiger partial charge in [-0.3, -0.25) is 4.79 Å². The zero-order valence-electron chi connectivity index (χ0n) is 18.3. The lowest BCUT2D eigenvalue weighted by Gasteiger charge is -2.19. The van der Waals surface area contributed by atoms with Gasteiger partial charge in [0.05, 0.1) is 11.7 Å². The first-order valence-electron chi connectivity index (χ1n) is 10.0. The molecule has 0 spiro atoms. The van der Waals surface area contributed by atoms with Gasteiger partial charge in [-0.15, -0.1) is 11.3 Å². The summed E-state index contributed by atoms with van der Waals surface area (Å²) in [6.45, 7) is 4.97. The van der Waals surface area contributed by atoms with Crippen molar-refractivity contribution >= 4 is 38.7 Å². The molecule has 2 rings (SSSR count). The second kappa shape index (κ2) is 11.4. The molecule has 32 heavy (non-hydrogen) atoms. The molecule has 0 saturated heterocycles. The average molecular weight is 484 g/mol. The number of benzene rings is 1. The highest BCUT2D eigenvalue weighted by Gasteiger charge is 2.21. The normalized spacial score (nSPS) is 12.8. The number of nitrogens with one attached hydrogen (secondary N) is 3. The van der Waals surface area contributed by atoms with Gasteiger partial charge in [0.15, 0.2) is 5.13 Å². The quantitative estimate of drug-likeness (QED) is 0.379. The third kappa shape index (κ3) is 9.30. The molecule has 0 bridgehead atoms. The monoisotopic (exact) mass is 483 g/mol. The number of nitrogens with two attached hydrogens (primary N) is 1. The molecule has 0 radical (unpaired) electrons. The topological polar surface area (TPSA) is 153 Å². The van der Waals surface area contributed by atoms with Gasteiger partial charge in [-0.2, -0.15) is 13.1 Å². The summed E-state index contributed by atoms with van der Waals surface area (Å²) in [4.78, 5) is 28.2. The molecule has 2 aromatic rings. The fourth-order valence-corrected chi connectivity index (χ4v) is 4.01. The fourth-order valence-electron chi connectivity index (χ4n) is 2.54. The molecule has 1 heterocycles. The van der Waals surface area contributed by atoms with Crippen LogP contribution in [0, 0.1) is 0 Å². The Morgan fingerprint density at radius 2 is 1.88 bits per heavy atom. The lowest BCUT2D eigenvalue weighted by Crippen LogP contribution is -2.43. The summed E-state index contributed by atoms with van der Waals surface area (Å²) in [5.41, 5.74) is 6.85. The predicted octanol–water partition coefficient (Wildman–Crippen LogP) is 2.61. The molecule has 1 aromatic carbocycles. The van der Waals surface area contributed by atoms with Crippen LogP contribution in [-0.2, 0) is 19.7 Å². The van der Waals surface area contributed by atoms with Gasteiger partial charge in [0, 0.05) is 17.5 Å². The standard InChI is InChI=1S/C20H29N5O5S2/c1-20(2,3)30-19(27)25-32(28,29)22-12-8-7-11-15(21)17(26)24-18-23-16(13-31-18)14-9-5-4-6-10-14/h4-6,9-10,13,15,22H,7-8,11-12,21H2,1-3H3,(H,25,27)(H,23,24,26). The van der Waals surface area contributed by atoms with Crippen LogP contribution in [0.3, 0.4) is 0 Å². The van der Waals surface area contributed by atoms with Crippen molar-refractivity contribution in [3.05, 3.63) is 35.7 Å². The molecule has 1 aromatic heterocycles. The molecule has 176 valence electrons. The van der Waals surface area contributed by atoms with Crippen LogP contribution in [0.4, 0.5) is 9.93 Å². The number of hydrogen-bond acceptors (Lipinski definition) is 8. The van der Waals surface area contributed by atoms with Crippen molar-refractivity contribution in [2.24, 2.45) is 5.73 Å². The van der Waals surface area contributed by atoms with Gasteiger partial charge < -0.3 is 15.8 Å². The van der Waals surface area contributed by atoms with Gasteiger partial charge in [0.25, 0.3) is 0 Å². The lowest BCUT2D eigenvalue weighted by atomic mass is 10.1. The van der Waals surface area contributed by atoms with Crippen LogP contribution in [0.1, 0.15) is 40.0 Å². The van der Waals surface area contributed by atoms with Crippen molar-refractivity contribution < 1.29 is 22.7 Å². The summed E-state index contributed by atoms with van der Waals surface area (Å²) in [6, 6.07) is 8.86. The third-order valence-electron chi connectivity index (χ3n) is 3.99. The van der Waals surface area contributed by atoms with Crippen molar-refractivity contribution in [1.29, 1.82) is 0 Å². The van der Waals surface area contributed by atoms with E-state index in [9.17, 15) is 18.0 Å². The average Bonchev–Trinajstić information content (AvgIpc) is 3.14. The smallest absolute Gasteiger partial charge is 0.422 e. The number of unbranched alkanes of at least 4 members (excludes halogenated alkanes) is 1. The number of ether oxygens (including phenoxy) is 1. The molecule has 1 atom stereocenters. The number of nitrogens with zero attached hydrogens (tertiary/aromatic N) is 1. The van der Waals surface area contributed by atoms with E-state index in [4.69, 9.17) is 10.5 Å². The van der Waals surface area contributed by atoms with E-state index in [-0.39, 0.29) is 12.5 Å². The molecule has 0 aliphatic heterocycles. The zero-order valence-corrected chi connectivity index (χ0v) is 19.9. The molecule has 1 unspecified atom stereocenters. The number of carbonyl (C=O) groups excluding carboxylic acids is 2. The summed E-state index contributed by atoms with van der Waals surface area (Å²) in [7, 11) is -4.02. The Morgan fingerprint density at radius 1 is 1.19 bits per heavy atom. The minimum atomic E-state index is -4.02. The molecule has 12 heteroatoms. The van der Waals surface area contributed by atoms with E-state index in [1.165, 1.54) is 11.3 Å². The Kier molecular flexibility index (Phi) is 9.13. The van der Waals surface area contributed by atoms with Crippen molar-refractivity contribution in [3.63, 3.8) is 0 Å². The van der Waals surface area contributed by atoms with E-state index < -0.39 is 27.9 Å². The Labute approximate surface area is 192 Å². The van der Waals surface area contributed by atoms with Crippen LogP contribution in [0.25, 0.3) is 11.3 Å². The van der Waals surface area contributed by atoms with Crippen LogP contribution < -0.4 is 20.5 Å². The van der Waals surface area contributed by atoms with E-state index in [0.29, 0.717) is 24.4 Å². The van der Waals surface area contributed by atoms with Crippen LogP contribution in [-0.4, -0.2) is 43.6 Å². The summed E-state index contributed by atoms with van der Waals surface area (Å²) in [5.74, 6) is -0.355. The number of anilines is 1. The molecule has 0 saturated carbocycles. The molecule has 0 aliphatic rings. The Hall–Kier alpha value is -2.54. The van der Waals surface area contributed by atoms with Gasteiger partial charge >= 0.3 is 16.3 Å². The minimum Gasteiger partial charge on any atom is -0.443 e. The third-order valence-corrected chi connectivity index (χ3v) is 5.77. The maximum Gasteiger partial charge on any atom is 0.422 e. The highest BCUT2D eigenvalue weighted by molar-refractivity contribution is 7.88. The number of hydrogen-bond donors (Lipinski definition) is 4. The van der Waals surface area contributed by atoms with Crippen LogP contribution in [0.5, 0.6) is 0 Å². The first kappa shape index (κ1) is 25.7. The van der Waals surface area contributed by atoms with Gasteiger partial charge in [-0.1, -0.05) is 36.8 Å². The van der Waals surface area contributed by atoms with Gasteiger partial charge in [-0.25, -0.2) is 14.5 Å². The SMILES string of the molecule is CC(C)(C)OC(=O)NS(=O)(=O)NCCCCC(N)C(=O)Nc1nc(-c2ccccc2)cs1. The summed E-state index contributed by atoms with van der Waals surface area (Å²) in [6.07, 6.45) is 0.257. The molecule has 5 N–H and O–H groups in total. The van der Waals surface area contributed by atoms with Crippen molar-refractivity contribution in [2.45, 2.75) is 51.7 Å². The Bertz CT molecular complexity index is 1000. The molecule has 0 aliphatic carbocycles. The second-order valence-electron chi connectivity index (χ2n) is 8.00. The van der Waals surface area contributed by atoms with Crippen LogP contribution in [0.2, 0.25) is 0 Å². The first-order chi connectivity index (χ1) is 15.0. The lowest BCUT2D eigenvalue weighted by molar-refractivity contribution is -0.117. The Morgan fingerprint density at radius 3 is 2.53 bits per heavy atom. The highest BCUT2D eigenvalue weighted by Crippen LogP contribution is 2.24. The number of thiazole rings is 1. The number of aromatic nitrogens is 1. The van der Waals surface area contributed by atoms with Gasteiger partial charge in [-0.05, 0) is 33.6 Å². The van der Waals surface area contributed by atoms with E-state index in [1.807, 2.05) is 35.7 Å². The molecule has 2 amide bonds. The van der Waals surface area contributed by atoms with Crippen molar-refractivity contribution in [2.75, 3.05) is 11.9 Å². The second-order valence-corrected chi connectivity index (χ2v) is 10.4. The van der Waals surface area contributed by atoms with Crippen LogP contribution in [0.15, 0.2) is 35.7 Å². The molecule has 10 nitrogen and oxygen atoms in total. The number of amides is 2. The first-order valence-corrected chi connectivity index (χ1v) is 12.4.